The van der Waals surface area contributed by atoms with Crippen LogP contribution in [0.4, 0.5) is 5.69 Å². The van der Waals surface area contributed by atoms with E-state index in [2.05, 4.69) is 22.5 Å². The van der Waals surface area contributed by atoms with E-state index in [1.54, 1.807) is 36.4 Å². The SMILES string of the molecule is CCN1CCN(S(=O)(=O)c2ccc(NC(=O)c3ccc(C(=O)NC(C)(C)C)cc3)cc2)CC1. The molecule has 1 saturated heterocycles. The molecule has 0 bridgehead atoms. The summed E-state index contributed by atoms with van der Waals surface area (Å²) < 4.78 is 27.3. The molecule has 178 valence electrons. The van der Waals surface area contributed by atoms with Crippen LogP contribution in [-0.2, 0) is 10.0 Å². The lowest BCUT2D eigenvalue weighted by atomic mass is 10.1. The topological polar surface area (TPSA) is 98.8 Å². The summed E-state index contributed by atoms with van der Waals surface area (Å²) in [6.45, 7) is 11.1. The van der Waals surface area contributed by atoms with Gasteiger partial charge in [-0.3, -0.25) is 9.59 Å². The van der Waals surface area contributed by atoms with Gasteiger partial charge in [-0.15, -0.1) is 0 Å². The number of carbonyl (C=O) groups excluding carboxylic acids is 2. The van der Waals surface area contributed by atoms with Gasteiger partial charge in [0, 0.05) is 48.5 Å². The summed E-state index contributed by atoms with van der Waals surface area (Å²) in [6.07, 6.45) is 0. The summed E-state index contributed by atoms with van der Waals surface area (Å²) in [5, 5.41) is 5.64. The highest BCUT2D eigenvalue weighted by molar-refractivity contribution is 7.89. The zero-order valence-electron chi connectivity index (χ0n) is 19.6. The van der Waals surface area contributed by atoms with Crippen LogP contribution < -0.4 is 10.6 Å². The van der Waals surface area contributed by atoms with Crippen molar-refractivity contribution in [2.75, 3.05) is 38.0 Å². The molecule has 0 atom stereocenters. The van der Waals surface area contributed by atoms with E-state index >= 15 is 0 Å². The Kier molecular flexibility index (Phi) is 7.56. The van der Waals surface area contributed by atoms with Gasteiger partial charge in [-0.2, -0.15) is 4.31 Å². The van der Waals surface area contributed by atoms with Crippen molar-refractivity contribution in [2.24, 2.45) is 0 Å². The molecule has 0 spiro atoms. The van der Waals surface area contributed by atoms with Crippen LogP contribution in [-0.4, -0.2) is 67.7 Å². The van der Waals surface area contributed by atoms with Crippen molar-refractivity contribution in [2.45, 2.75) is 38.1 Å². The van der Waals surface area contributed by atoms with Crippen molar-refractivity contribution < 1.29 is 18.0 Å². The Morgan fingerprint density at radius 2 is 1.36 bits per heavy atom. The third kappa shape index (κ3) is 6.40. The summed E-state index contributed by atoms with van der Waals surface area (Å²) in [5.74, 6) is -0.550. The summed E-state index contributed by atoms with van der Waals surface area (Å²) >= 11 is 0. The molecule has 9 heteroatoms. The first-order chi connectivity index (χ1) is 15.5. The summed E-state index contributed by atoms with van der Waals surface area (Å²) in [7, 11) is -3.56. The minimum absolute atomic E-state index is 0.206. The Morgan fingerprint density at radius 1 is 0.848 bits per heavy atom. The molecule has 2 aromatic carbocycles. The van der Waals surface area contributed by atoms with Crippen LogP contribution in [0.5, 0.6) is 0 Å². The van der Waals surface area contributed by atoms with E-state index in [9.17, 15) is 18.0 Å². The number of nitrogens with one attached hydrogen (secondary N) is 2. The first-order valence-corrected chi connectivity index (χ1v) is 12.5. The van der Waals surface area contributed by atoms with E-state index in [-0.39, 0.29) is 22.2 Å². The lowest BCUT2D eigenvalue weighted by Gasteiger charge is -2.33. The Bertz CT molecular complexity index is 1080. The van der Waals surface area contributed by atoms with Gasteiger partial charge < -0.3 is 15.5 Å². The molecule has 33 heavy (non-hydrogen) atoms. The molecule has 0 unspecified atom stereocenters. The number of rotatable bonds is 6. The van der Waals surface area contributed by atoms with Gasteiger partial charge in [0.05, 0.1) is 4.90 Å². The van der Waals surface area contributed by atoms with Gasteiger partial charge >= 0.3 is 0 Å². The molecule has 1 aliphatic heterocycles. The maximum atomic E-state index is 12.9. The molecular weight excluding hydrogens is 440 g/mol. The number of sulfonamides is 1. The monoisotopic (exact) mass is 472 g/mol. The van der Waals surface area contributed by atoms with Crippen LogP contribution in [0.25, 0.3) is 0 Å². The number of piperazine rings is 1. The standard InChI is InChI=1S/C24H32N4O4S/c1-5-27-14-16-28(17-15-27)33(31,32)21-12-10-20(11-13-21)25-22(29)18-6-8-19(9-7-18)23(30)26-24(2,3)4/h6-13H,5,14-17H2,1-4H3,(H,25,29)(H,26,30). The number of hydrogen-bond donors (Lipinski definition) is 2. The molecule has 1 heterocycles. The van der Waals surface area contributed by atoms with E-state index in [1.807, 2.05) is 20.8 Å². The second-order valence-electron chi connectivity index (χ2n) is 9.10. The highest BCUT2D eigenvalue weighted by Gasteiger charge is 2.28. The fraction of sp³-hybridized carbons (Fsp3) is 0.417. The maximum absolute atomic E-state index is 12.9. The zero-order chi connectivity index (χ0) is 24.2. The second kappa shape index (κ2) is 10.0. The Morgan fingerprint density at radius 3 is 1.85 bits per heavy atom. The molecule has 0 aromatic heterocycles. The van der Waals surface area contributed by atoms with Crippen molar-refractivity contribution in [3.05, 3.63) is 59.7 Å². The van der Waals surface area contributed by atoms with Gasteiger partial charge in [-0.25, -0.2) is 8.42 Å². The van der Waals surface area contributed by atoms with E-state index in [0.717, 1.165) is 19.6 Å². The van der Waals surface area contributed by atoms with Gasteiger partial charge in [0.25, 0.3) is 11.8 Å². The van der Waals surface area contributed by atoms with Gasteiger partial charge in [-0.05, 0) is 75.8 Å². The van der Waals surface area contributed by atoms with Crippen LogP contribution >= 0.6 is 0 Å². The van der Waals surface area contributed by atoms with Crippen molar-refractivity contribution in [3.8, 4) is 0 Å². The number of benzene rings is 2. The fourth-order valence-corrected chi connectivity index (χ4v) is 4.96. The predicted molar refractivity (Wildman–Crippen MR) is 129 cm³/mol. The minimum Gasteiger partial charge on any atom is -0.347 e. The fourth-order valence-electron chi connectivity index (χ4n) is 3.53. The molecule has 1 aliphatic rings. The molecule has 0 radical (unpaired) electrons. The summed E-state index contributed by atoms with van der Waals surface area (Å²) in [5.41, 5.74) is 1.00. The van der Waals surface area contributed by atoms with E-state index in [0.29, 0.717) is 29.9 Å². The van der Waals surface area contributed by atoms with Gasteiger partial charge in [-0.1, -0.05) is 6.92 Å². The zero-order valence-corrected chi connectivity index (χ0v) is 20.4. The predicted octanol–water partition coefficient (Wildman–Crippen LogP) is 2.79. The van der Waals surface area contributed by atoms with Gasteiger partial charge in [0.1, 0.15) is 0 Å². The van der Waals surface area contributed by atoms with Crippen LogP contribution in [0.1, 0.15) is 48.4 Å². The minimum atomic E-state index is -3.56. The molecule has 3 rings (SSSR count). The second-order valence-corrected chi connectivity index (χ2v) is 11.0. The first kappa shape index (κ1) is 24.9. The molecule has 8 nitrogen and oxygen atoms in total. The van der Waals surface area contributed by atoms with E-state index in [1.165, 1.54) is 16.4 Å². The van der Waals surface area contributed by atoms with Crippen LogP contribution in [0.2, 0.25) is 0 Å². The molecule has 2 amide bonds. The third-order valence-corrected chi connectivity index (χ3v) is 7.34. The number of nitrogens with zero attached hydrogens (tertiary/aromatic N) is 2. The van der Waals surface area contributed by atoms with E-state index < -0.39 is 10.0 Å². The first-order valence-electron chi connectivity index (χ1n) is 11.1. The molecule has 2 N–H and O–H groups in total. The quantitative estimate of drug-likeness (QED) is 0.674. The highest BCUT2D eigenvalue weighted by atomic mass is 32.2. The average molecular weight is 473 g/mol. The lowest BCUT2D eigenvalue weighted by Crippen LogP contribution is -2.48. The van der Waals surface area contributed by atoms with E-state index in [4.69, 9.17) is 0 Å². The third-order valence-electron chi connectivity index (χ3n) is 5.43. The molecule has 2 aromatic rings. The maximum Gasteiger partial charge on any atom is 0.255 e. The normalized spacial score (nSPS) is 15.8. The Balaban J connectivity index is 1.63. The Hall–Kier alpha value is -2.75. The average Bonchev–Trinajstić information content (AvgIpc) is 2.78. The number of amides is 2. The van der Waals surface area contributed by atoms with Crippen molar-refractivity contribution in [3.63, 3.8) is 0 Å². The van der Waals surface area contributed by atoms with Crippen LogP contribution in [0, 0.1) is 0 Å². The highest BCUT2D eigenvalue weighted by Crippen LogP contribution is 2.20. The largest absolute Gasteiger partial charge is 0.347 e. The number of carbonyl (C=O) groups is 2. The molecular formula is C24H32N4O4S. The molecule has 1 fully saturated rings. The van der Waals surface area contributed by atoms with Gasteiger partial charge in [0.2, 0.25) is 10.0 Å². The number of hydrogen-bond acceptors (Lipinski definition) is 5. The van der Waals surface area contributed by atoms with Gasteiger partial charge in [0.15, 0.2) is 0 Å². The van der Waals surface area contributed by atoms with Crippen LogP contribution in [0.3, 0.4) is 0 Å². The summed E-state index contributed by atoms with van der Waals surface area (Å²) in [4.78, 5) is 27.2. The van der Waals surface area contributed by atoms with Crippen molar-refractivity contribution in [1.82, 2.24) is 14.5 Å². The van der Waals surface area contributed by atoms with Crippen LogP contribution in [0.15, 0.2) is 53.4 Å². The van der Waals surface area contributed by atoms with Crippen molar-refractivity contribution >= 4 is 27.5 Å². The molecule has 0 aliphatic carbocycles. The molecule has 0 saturated carbocycles. The number of likely N-dealkylation sites (N-methyl/N-ethyl adjacent to an activating group) is 1. The lowest BCUT2D eigenvalue weighted by molar-refractivity contribution is 0.0918. The van der Waals surface area contributed by atoms with Crippen molar-refractivity contribution in [1.29, 1.82) is 0 Å². The Labute approximate surface area is 196 Å². The number of anilines is 1. The smallest absolute Gasteiger partial charge is 0.255 e. The summed E-state index contributed by atoms with van der Waals surface area (Å²) in [6, 6.07) is 12.6.